The van der Waals surface area contributed by atoms with Crippen molar-refractivity contribution in [1.82, 2.24) is 10.2 Å². The summed E-state index contributed by atoms with van der Waals surface area (Å²) in [6.07, 6.45) is 0. The van der Waals surface area contributed by atoms with Crippen molar-refractivity contribution in [3.63, 3.8) is 0 Å². The minimum Gasteiger partial charge on any atom is -0.484 e. The van der Waals surface area contributed by atoms with Gasteiger partial charge in [-0.15, -0.1) is 10.2 Å². The highest BCUT2D eigenvalue weighted by atomic mass is 79.9. The quantitative estimate of drug-likeness (QED) is 0.859. The van der Waals surface area contributed by atoms with Crippen LogP contribution in [0.3, 0.4) is 0 Å². The summed E-state index contributed by atoms with van der Waals surface area (Å²) in [7, 11) is 0. The summed E-state index contributed by atoms with van der Waals surface area (Å²) in [5.74, 6) is 1.79. The molecule has 4 nitrogen and oxygen atoms in total. The summed E-state index contributed by atoms with van der Waals surface area (Å²) >= 11 is 3.36. The molecule has 5 heteroatoms. The lowest BCUT2D eigenvalue weighted by atomic mass is 10.3. The Morgan fingerprint density at radius 1 is 1.40 bits per heavy atom. The molecule has 0 unspecified atom stereocenters. The van der Waals surface area contributed by atoms with E-state index in [-0.39, 0.29) is 6.61 Å². The molecule has 0 aliphatic carbocycles. The second-order valence-corrected chi connectivity index (χ2v) is 3.88. The average Bonchev–Trinajstić information content (AvgIpc) is 2.62. The number of aryl methyl sites for hydroxylation is 1. The van der Waals surface area contributed by atoms with Gasteiger partial charge in [-0.1, -0.05) is 22.0 Å². The van der Waals surface area contributed by atoms with Gasteiger partial charge in [-0.2, -0.15) is 0 Å². The van der Waals surface area contributed by atoms with Crippen LogP contribution in [0.25, 0.3) is 0 Å². The second-order valence-electron chi connectivity index (χ2n) is 2.96. The van der Waals surface area contributed by atoms with Crippen LogP contribution in [0.1, 0.15) is 11.8 Å². The lowest BCUT2D eigenvalue weighted by molar-refractivity contribution is 0.260. The van der Waals surface area contributed by atoms with Crippen LogP contribution in [0.5, 0.6) is 5.75 Å². The largest absolute Gasteiger partial charge is 0.484 e. The van der Waals surface area contributed by atoms with E-state index < -0.39 is 0 Å². The average molecular weight is 269 g/mol. The van der Waals surface area contributed by atoms with E-state index in [1.165, 1.54) is 0 Å². The van der Waals surface area contributed by atoms with Crippen molar-refractivity contribution in [2.24, 2.45) is 0 Å². The minimum absolute atomic E-state index is 0.289. The molecule has 0 aliphatic heterocycles. The van der Waals surface area contributed by atoms with Gasteiger partial charge in [0.1, 0.15) is 5.75 Å². The molecule has 0 atom stereocenters. The minimum atomic E-state index is 0.289. The molecule has 0 aliphatic rings. The predicted octanol–water partition coefficient (Wildman–Crippen LogP) is 2.72. The molecule has 2 rings (SSSR count). The summed E-state index contributed by atoms with van der Waals surface area (Å²) in [4.78, 5) is 0. The third kappa shape index (κ3) is 2.79. The second kappa shape index (κ2) is 4.44. The van der Waals surface area contributed by atoms with Crippen molar-refractivity contribution < 1.29 is 9.15 Å². The zero-order valence-corrected chi connectivity index (χ0v) is 9.69. The molecular weight excluding hydrogens is 260 g/mol. The lowest BCUT2D eigenvalue weighted by Crippen LogP contribution is -1.95. The number of halogens is 1. The highest BCUT2D eigenvalue weighted by Gasteiger charge is 2.02. The first-order chi connectivity index (χ1) is 7.24. The Hall–Kier alpha value is -1.36. The highest BCUT2D eigenvalue weighted by Crippen LogP contribution is 2.18. The van der Waals surface area contributed by atoms with Gasteiger partial charge in [-0.3, -0.25) is 0 Å². The summed E-state index contributed by atoms with van der Waals surface area (Å²) in [6, 6.07) is 7.58. The monoisotopic (exact) mass is 268 g/mol. The summed E-state index contributed by atoms with van der Waals surface area (Å²) < 4.78 is 11.6. The zero-order chi connectivity index (χ0) is 10.7. The fourth-order valence-electron chi connectivity index (χ4n) is 1.10. The molecule has 0 bridgehead atoms. The van der Waals surface area contributed by atoms with E-state index in [9.17, 15) is 0 Å². The number of ether oxygens (including phenoxy) is 1. The number of benzene rings is 1. The Kier molecular flexibility index (Phi) is 3.01. The summed E-state index contributed by atoms with van der Waals surface area (Å²) in [6.45, 7) is 2.03. The van der Waals surface area contributed by atoms with Gasteiger partial charge in [0, 0.05) is 11.4 Å². The number of rotatable bonds is 3. The smallest absolute Gasteiger partial charge is 0.253 e. The van der Waals surface area contributed by atoms with Crippen LogP contribution in [-0.4, -0.2) is 10.2 Å². The van der Waals surface area contributed by atoms with Crippen LogP contribution in [0.15, 0.2) is 33.2 Å². The van der Waals surface area contributed by atoms with E-state index >= 15 is 0 Å². The normalized spacial score (nSPS) is 10.3. The Morgan fingerprint density at radius 3 is 2.93 bits per heavy atom. The molecule has 0 saturated carbocycles. The van der Waals surface area contributed by atoms with Gasteiger partial charge in [-0.25, -0.2) is 0 Å². The Labute approximate surface area is 95.4 Å². The van der Waals surface area contributed by atoms with E-state index in [0.29, 0.717) is 11.8 Å². The number of aromatic nitrogens is 2. The van der Waals surface area contributed by atoms with Crippen LogP contribution < -0.4 is 4.74 Å². The molecule has 1 heterocycles. The van der Waals surface area contributed by atoms with Crippen molar-refractivity contribution in [1.29, 1.82) is 0 Å². The van der Waals surface area contributed by atoms with Gasteiger partial charge in [-0.05, 0) is 18.2 Å². The predicted molar refractivity (Wildman–Crippen MR) is 57.5 cm³/mol. The summed E-state index contributed by atoms with van der Waals surface area (Å²) in [5.41, 5.74) is 0. The van der Waals surface area contributed by atoms with Gasteiger partial charge in [0.15, 0.2) is 6.61 Å². The molecule has 0 radical (unpaired) electrons. The van der Waals surface area contributed by atoms with Crippen molar-refractivity contribution in [2.45, 2.75) is 13.5 Å². The van der Waals surface area contributed by atoms with Crippen LogP contribution >= 0.6 is 15.9 Å². The molecule has 0 N–H and O–H groups in total. The Bertz CT molecular complexity index is 456. The molecule has 2 aromatic rings. The standard InChI is InChI=1S/C10H9BrN2O2/c1-7-12-13-10(15-7)6-14-9-4-2-3-8(11)5-9/h2-5H,6H2,1H3. The van der Waals surface area contributed by atoms with Crippen molar-refractivity contribution >= 4 is 15.9 Å². The van der Waals surface area contributed by atoms with Gasteiger partial charge < -0.3 is 9.15 Å². The van der Waals surface area contributed by atoms with E-state index in [2.05, 4.69) is 26.1 Å². The van der Waals surface area contributed by atoms with Crippen molar-refractivity contribution in [3.8, 4) is 5.75 Å². The maximum absolute atomic E-state index is 5.46. The van der Waals surface area contributed by atoms with Crippen LogP contribution in [-0.2, 0) is 6.61 Å². The molecule has 1 aromatic carbocycles. The van der Waals surface area contributed by atoms with E-state index in [1.807, 2.05) is 24.3 Å². The first-order valence-corrected chi connectivity index (χ1v) is 5.21. The number of nitrogens with zero attached hydrogens (tertiary/aromatic N) is 2. The number of hydrogen-bond acceptors (Lipinski definition) is 4. The van der Waals surface area contributed by atoms with Gasteiger partial charge in [0.25, 0.3) is 5.89 Å². The molecular formula is C10H9BrN2O2. The van der Waals surface area contributed by atoms with Gasteiger partial charge in [0.2, 0.25) is 5.89 Å². The fraction of sp³-hybridized carbons (Fsp3) is 0.200. The van der Waals surface area contributed by atoms with E-state index in [1.54, 1.807) is 6.92 Å². The zero-order valence-electron chi connectivity index (χ0n) is 8.11. The van der Waals surface area contributed by atoms with Gasteiger partial charge in [0.05, 0.1) is 0 Å². The molecule has 0 fully saturated rings. The Morgan fingerprint density at radius 2 is 2.27 bits per heavy atom. The molecule has 0 spiro atoms. The highest BCUT2D eigenvalue weighted by molar-refractivity contribution is 9.10. The third-order valence-electron chi connectivity index (χ3n) is 1.73. The molecule has 78 valence electrons. The number of hydrogen-bond donors (Lipinski definition) is 0. The molecule has 1 aromatic heterocycles. The summed E-state index contributed by atoms with van der Waals surface area (Å²) in [5, 5.41) is 7.54. The van der Waals surface area contributed by atoms with Crippen LogP contribution in [0.2, 0.25) is 0 Å². The lowest BCUT2D eigenvalue weighted by Gasteiger charge is -2.02. The van der Waals surface area contributed by atoms with E-state index in [4.69, 9.17) is 9.15 Å². The Balaban J connectivity index is 1.99. The van der Waals surface area contributed by atoms with Gasteiger partial charge >= 0.3 is 0 Å². The maximum atomic E-state index is 5.46. The van der Waals surface area contributed by atoms with E-state index in [0.717, 1.165) is 10.2 Å². The third-order valence-corrected chi connectivity index (χ3v) is 2.22. The maximum Gasteiger partial charge on any atom is 0.253 e. The fourth-order valence-corrected chi connectivity index (χ4v) is 1.48. The molecule has 0 saturated heterocycles. The van der Waals surface area contributed by atoms with Crippen molar-refractivity contribution in [3.05, 3.63) is 40.5 Å². The topological polar surface area (TPSA) is 48.2 Å². The van der Waals surface area contributed by atoms with Crippen LogP contribution in [0.4, 0.5) is 0 Å². The first-order valence-electron chi connectivity index (χ1n) is 4.41. The first kappa shape index (κ1) is 10.2. The van der Waals surface area contributed by atoms with Crippen molar-refractivity contribution in [2.75, 3.05) is 0 Å². The van der Waals surface area contributed by atoms with Crippen LogP contribution in [0, 0.1) is 6.92 Å². The molecule has 15 heavy (non-hydrogen) atoms. The SMILES string of the molecule is Cc1nnc(COc2cccc(Br)c2)o1. The molecule has 0 amide bonds.